The monoisotopic (exact) mass is 360 g/mol. The number of amides is 4. The number of nitrogens with zero attached hydrogens (tertiary/aromatic N) is 2. The average molecular weight is 360 g/mol. The summed E-state index contributed by atoms with van der Waals surface area (Å²) in [5, 5.41) is 2.71. The van der Waals surface area contributed by atoms with E-state index in [1.54, 1.807) is 43.2 Å². The van der Waals surface area contributed by atoms with Crippen molar-refractivity contribution in [2.45, 2.75) is 31.3 Å². The molecule has 1 aromatic rings. The Morgan fingerprint density at radius 1 is 1.35 bits per heavy atom. The summed E-state index contributed by atoms with van der Waals surface area (Å²) >= 11 is 0. The van der Waals surface area contributed by atoms with E-state index in [4.69, 9.17) is 10.5 Å². The lowest BCUT2D eigenvalue weighted by molar-refractivity contribution is -0.139. The SMILES string of the molecule is COc1ccc(C2(C)NC(=O)N(CC(=O)N3CCCC3CN)C2=O)cc1. The van der Waals surface area contributed by atoms with Gasteiger partial charge in [0.2, 0.25) is 5.91 Å². The van der Waals surface area contributed by atoms with Crippen molar-refractivity contribution in [3.8, 4) is 5.75 Å². The first-order chi connectivity index (χ1) is 12.4. The molecule has 0 saturated carbocycles. The third-order valence-electron chi connectivity index (χ3n) is 5.21. The van der Waals surface area contributed by atoms with Gasteiger partial charge in [0.1, 0.15) is 17.8 Å². The van der Waals surface area contributed by atoms with Gasteiger partial charge in [-0.15, -0.1) is 0 Å². The number of benzene rings is 1. The molecule has 2 aliphatic heterocycles. The summed E-state index contributed by atoms with van der Waals surface area (Å²) in [5.41, 5.74) is 5.13. The highest BCUT2D eigenvalue weighted by Crippen LogP contribution is 2.30. The molecule has 0 bridgehead atoms. The summed E-state index contributed by atoms with van der Waals surface area (Å²) in [5.74, 6) is -0.0343. The van der Waals surface area contributed by atoms with Crippen LogP contribution in [0, 0.1) is 0 Å². The highest BCUT2D eigenvalue weighted by atomic mass is 16.5. The van der Waals surface area contributed by atoms with Crippen LogP contribution in [0.15, 0.2) is 24.3 Å². The zero-order chi connectivity index (χ0) is 18.9. The maximum absolute atomic E-state index is 12.9. The molecule has 26 heavy (non-hydrogen) atoms. The van der Waals surface area contributed by atoms with Crippen molar-refractivity contribution in [1.82, 2.24) is 15.1 Å². The zero-order valence-corrected chi connectivity index (χ0v) is 15.0. The third kappa shape index (κ3) is 3.01. The number of methoxy groups -OCH3 is 1. The lowest BCUT2D eigenvalue weighted by Gasteiger charge is -2.26. The van der Waals surface area contributed by atoms with E-state index >= 15 is 0 Å². The topological polar surface area (TPSA) is 105 Å². The number of urea groups is 1. The molecule has 0 spiro atoms. The largest absolute Gasteiger partial charge is 0.497 e. The van der Waals surface area contributed by atoms with Gasteiger partial charge in [0.25, 0.3) is 5.91 Å². The molecule has 1 aromatic carbocycles. The Labute approximate surface area is 152 Å². The summed E-state index contributed by atoms with van der Waals surface area (Å²) in [6.07, 6.45) is 1.74. The van der Waals surface area contributed by atoms with E-state index in [1.165, 1.54) is 0 Å². The summed E-state index contributed by atoms with van der Waals surface area (Å²) in [6.45, 7) is 2.36. The number of hydrogen-bond donors (Lipinski definition) is 2. The first kappa shape index (κ1) is 18.2. The van der Waals surface area contributed by atoms with E-state index in [9.17, 15) is 14.4 Å². The van der Waals surface area contributed by atoms with Crippen LogP contribution >= 0.6 is 0 Å². The Bertz CT molecular complexity index is 720. The van der Waals surface area contributed by atoms with Gasteiger partial charge in [-0.25, -0.2) is 4.79 Å². The number of rotatable bonds is 5. The first-order valence-electron chi connectivity index (χ1n) is 8.69. The Balaban J connectivity index is 1.76. The Hall–Kier alpha value is -2.61. The molecule has 4 amide bonds. The molecule has 2 saturated heterocycles. The highest BCUT2D eigenvalue weighted by molar-refractivity contribution is 6.09. The van der Waals surface area contributed by atoms with Crippen LogP contribution < -0.4 is 15.8 Å². The minimum atomic E-state index is -1.21. The van der Waals surface area contributed by atoms with E-state index < -0.39 is 17.5 Å². The van der Waals surface area contributed by atoms with Gasteiger partial charge in [0.15, 0.2) is 0 Å². The smallest absolute Gasteiger partial charge is 0.325 e. The molecule has 0 aromatic heterocycles. The van der Waals surface area contributed by atoms with Gasteiger partial charge in [-0.2, -0.15) is 0 Å². The first-order valence-corrected chi connectivity index (χ1v) is 8.69. The molecule has 0 radical (unpaired) electrons. The number of carbonyl (C=O) groups is 3. The molecule has 2 fully saturated rings. The molecule has 2 atom stereocenters. The van der Waals surface area contributed by atoms with E-state index in [0.717, 1.165) is 17.7 Å². The van der Waals surface area contributed by atoms with Gasteiger partial charge in [-0.3, -0.25) is 14.5 Å². The Morgan fingerprint density at radius 2 is 2.04 bits per heavy atom. The number of hydrogen-bond acceptors (Lipinski definition) is 5. The second kappa shape index (κ2) is 6.95. The predicted octanol–water partition coefficient (Wildman–Crippen LogP) is 0.412. The number of imide groups is 1. The second-order valence-electron chi connectivity index (χ2n) is 6.79. The molecule has 3 rings (SSSR count). The minimum absolute atomic E-state index is 0.0174. The van der Waals surface area contributed by atoms with E-state index in [2.05, 4.69) is 5.32 Å². The fourth-order valence-corrected chi connectivity index (χ4v) is 3.60. The van der Waals surface area contributed by atoms with Crippen LogP contribution in [0.5, 0.6) is 5.75 Å². The number of nitrogens with two attached hydrogens (primary N) is 1. The number of likely N-dealkylation sites (tertiary alicyclic amines) is 1. The molecule has 3 N–H and O–H groups in total. The van der Waals surface area contributed by atoms with Crippen LogP contribution in [-0.4, -0.2) is 60.4 Å². The fraction of sp³-hybridized carbons (Fsp3) is 0.500. The van der Waals surface area contributed by atoms with Crippen LogP contribution in [-0.2, 0) is 15.1 Å². The van der Waals surface area contributed by atoms with Crippen LogP contribution in [0.2, 0.25) is 0 Å². The molecular formula is C18H24N4O4. The zero-order valence-electron chi connectivity index (χ0n) is 15.0. The quantitative estimate of drug-likeness (QED) is 0.740. The third-order valence-corrected chi connectivity index (χ3v) is 5.21. The van der Waals surface area contributed by atoms with Gasteiger partial charge in [0.05, 0.1) is 7.11 Å². The van der Waals surface area contributed by atoms with Crippen LogP contribution in [0.25, 0.3) is 0 Å². The number of ether oxygens (including phenoxy) is 1. The molecule has 2 unspecified atom stereocenters. The van der Waals surface area contributed by atoms with Crippen LogP contribution in [0.3, 0.4) is 0 Å². The molecular weight excluding hydrogens is 336 g/mol. The maximum Gasteiger partial charge on any atom is 0.325 e. The van der Waals surface area contributed by atoms with Crippen LogP contribution in [0.4, 0.5) is 4.79 Å². The predicted molar refractivity (Wildman–Crippen MR) is 94.4 cm³/mol. The lowest BCUT2D eigenvalue weighted by Crippen LogP contribution is -2.47. The second-order valence-corrected chi connectivity index (χ2v) is 6.79. The Morgan fingerprint density at radius 3 is 2.65 bits per heavy atom. The molecule has 8 nitrogen and oxygen atoms in total. The van der Waals surface area contributed by atoms with Crippen molar-refractivity contribution in [3.05, 3.63) is 29.8 Å². The van der Waals surface area contributed by atoms with Gasteiger partial charge >= 0.3 is 6.03 Å². The van der Waals surface area contributed by atoms with E-state index in [1.807, 2.05) is 0 Å². The summed E-state index contributed by atoms with van der Waals surface area (Å²) in [4.78, 5) is 40.5. The van der Waals surface area contributed by atoms with Gasteiger partial charge < -0.3 is 20.7 Å². The molecule has 140 valence electrons. The fourth-order valence-electron chi connectivity index (χ4n) is 3.60. The summed E-state index contributed by atoms with van der Waals surface area (Å²) in [7, 11) is 1.56. The van der Waals surface area contributed by atoms with Gasteiger partial charge in [0, 0.05) is 19.1 Å². The van der Waals surface area contributed by atoms with E-state index in [-0.39, 0.29) is 18.5 Å². The van der Waals surface area contributed by atoms with Gasteiger partial charge in [-0.05, 0) is 37.5 Å². The summed E-state index contributed by atoms with van der Waals surface area (Å²) in [6, 6.07) is 6.33. The normalized spacial score (nSPS) is 25.6. The van der Waals surface area contributed by atoms with Crippen molar-refractivity contribution in [2.75, 3.05) is 26.7 Å². The molecule has 2 aliphatic rings. The standard InChI is InChI=1S/C18H24N4O4/c1-18(12-5-7-14(26-2)8-6-12)16(24)22(17(25)20-18)11-15(23)21-9-3-4-13(21)10-19/h5-8,13H,3-4,9-11,19H2,1-2H3,(H,20,25). The minimum Gasteiger partial charge on any atom is -0.497 e. The molecule has 0 aliphatic carbocycles. The molecule has 8 heteroatoms. The van der Waals surface area contributed by atoms with Crippen molar-refractivity contribution >= 4 is 17.8 Å². The van der Waals surface area contributed by atoms with Crippen molar-refractivity contribution in [3.63, 3.8) is 0 Å². The number of nitrogens with one attached hydrogen (secondary N) is 1. The maximum atomic E-state index is 12.9. The lowest BCUT2D eigenvalue weighted by atomic mass is 9.92. The summed E-state index contributed by atoms with van der Waals surface area (Å²) < 4.78 is 5.12. The van der Waals surface area contributed by atoms with E-state index in [0.29, 0.717) is 24.4 Å². The van der Waals surface area contributed by atoms with Crippen LogP contribution in [0.1, 0.15) is 25.3 Å². The van der Waals surface area contributed by atoms with Crippen molar-refractivity contribution in [1.29, 1.82) is 0 Å². The number of carbonyl (C=O) groups excluding carboxylic acids is 3. The van der Waals surface area contributed by atoms with Crippen molar-refractivity contribution < 1.29 is 19.1 Å². The average Bonchev–Trinajstić information content (AvgIpc) is 3.21. The highest BCUT2D eigenvalue weighted by Gasteiger charge is 2.50. The van der Waals surface area contributed by atoms with Crippen molar-refractivity contribution in [2.24, 2.45) is 5.73 Å². The Kier molecular flexibility index (Phi) is 4.86. The van der Waals surface area contributed by atoms with Gasteiger partial charge in [-0.1, -0.05) is 12.1 Å². The molecule has 2 heterocycles.